The minimum atomic E-state index is -0.579. The summed E-state index contributed by atoms with van der Waals surface area (Å²) in [6, 6.07) is 7.52. The maximum atomic E-state index is 10.9. The highest BCUT2D eigenvalue weighted by Crippen LogP contribution is 2.48. The van der Waals surface area contributed by atoms with Crippen molar-refractivity contribution < 1.29 is 5.11 Å². The van der Waals surface area contributed by atoms with Crippen LogP contribution in [0.1, 0.15) is 37.4 Å². The zero-order valence-electron chi connectivity index (χ0n) is 11.3. The van der Waals surface area contributed by atoms with Crippen molar-refractivity contribution in [1.29, 1.82) is 0 Å². The molecule has 3 rings (SSSR count). The second kappa shape index (κ2) is 5.32. The number of nitrogens with two attached hydrogens (primary N) is 1. The third kappa shape index (κ3) is 2.10. The van der Waals surface area contributed by atoms with E-state index in [1.165, 1.54) is 0 Å². The average Bonchev–Trinajstić information content (AvgIpc) is 2.97. The van der Waals surface area contributed by atoms with E-state index in [1.807, 2.05) is 24.3 Å². The van der Waals surface area contributed by atoms with Crippen molar-refractivity contribution in [2.45, 2.75) is 31.8 Å². The van der Waals surface area contributed by atoms with Crippen molar-refractivity contribution in [3.8, 4) is 0 Å². The first-order valence-corrected chi connectivity index (χ1v) is 7.47. The largest absolute Gasteiger partial charge is 0.388 e. The standard InChI is InChI=1S/C16H19ClN2O/c17-13-6-5-12(14-11(13)4-3-9-19-14)15(20)16(10-18)7-1-2-8-16/h3-6,9,15,20H,1-2,7-8,10,18H2. The summed E-state index contributed by atoms with van der Waals surface area (Å²) in [7, 11) is 0. The molecule has 0 spiro atoms. The van der Waals surface area contributed by atoms with Gasteiger partial charge in [0.1, 0.15) is 0 Å². The van der Waals surface area contributed by atoms with Gasteiger partial charge in [0, 0.05) is 34.1 Å². The zero-order chi connectivity index (χ0) is 14.2. The summed E-state index contributed by atoms with van der Waals surface area (Å²) in [5.41, 5.74) is 7.39. The van der Waals surface area contributed by atoms with Crippen LogP contribution >= 0.6 is 11.6 Å². The molecule has 0 saturated heterocycles. The molecule has 0 aliphatic heterocycles. The number of hydrogen-bond donors (Lipinski definition) is 2. The summed E-state index contributed by atoms with van der Waals surface area (Å²) in [4.78, 5) is 4.41. The molecule has 1 aromatic heterocycles. The van der Waals surface area contributed by atoms with E-state index in [4.69, 9.17) is 17.3 Å². The van der Waals surface area contributed by atoms with E-state index in [9.17, 15) is 5.11 Å². The molecule has 20 heavy (non-hydrogen) atoms. The molecule has 1 saturated carbocycles. The Morgan fingerprint density at radius 3 is 2.75 bits per heavy atom. The van der Waals surface area contributed by atoms with Crippen LogP contribution in [0.25, 0.3) is 10.9 Å². The molecular weight excluding hydrogens is 272 g/mol. The van der Waals surface area contributed by atoms with Gasteiger partial charge in [-0.3, -0.25) is 4.98 Å². The van der Waals surface area contributed by atoms with Gasteiger partial charge >= 0.3 is 0 Å². The molecule has 1 atom stereocenters. The third-order valence-corrected chi connectivity index (χ3v) is 4.96. The summed E-state index contributed by atoms with van der Waals surface area (Å²) >= 11 is 6.22. The van der Waals surface area contributed by atoms with Crippen LogP contribution in [-0.4, -0.2) is 16.6 Å². The molecule has 1 aliphatic carbocycles. The number of aromatic nitrogens is 1. The molecule has 1 heterocycles. The molecule has 1 aromatic carbocycles. The van der Waals surface area contributed by atoms with Gasteiger partial charge in [0.05, 0.1) is 11.6 Å². The van der Waals surface area contributed by atoms with Gasteiger partial charge in [0.2, 0.25) is 0 Å². The Labute approximate surface area is 123 Å². The van der Waals surface area contributed by atoms with E-state index in [0.717, 1.165) is 42.1 Å². The number of hydrogen-bond acceptors (Lipinski definition) is 3. The van der Waals surface area contributed by atoms with Crippen LogP contribution < -0.4 is 5.73 Å². The maximum absolute atomic E-state index is 10.9. The van der Waals surface area contributed by atoms with Gasteiger partial charge < -0.3 is 10.8 Å². The Kier molecular flexibility index (Phi) is 3.67. The van der Waals surface area contributed by atoms with Crippen molar-refractivity contribution in [2.75, 3.05) is 6.54 Å². The molecule has 2 aromatic rings. The minimum absolute atomic E-state index is 0.210. The Morgan fingerprint density at radius 2 is 2.05 bits per heavy atom. The quantitative estimate of drug-likeness (QED) is 0.910. The van der Waals surface area contributed by atoms with Crippen LogP contribution in [0.4, 0.5) is 0 Å². The molecule has 1 fully saturated rings. The maximum Gasteiger partial charge on any atom is 0.0879 e. The smallest absolute Gasteiger partial charge is 0.0879 e. The summed E-state index contributed by atoms with van der Waals surface area (Å²) in [6.07, 6.45) is 5.37. The van der Waals surface area contributed by atoms with Crippen molar-refractivity contribution in [2.24, 2.45) is 11.1 Å². The lowest BCUT2D eigenvalue weighted by atomic mass is 9.77. The molecule has 0 bridgehead atoms. The summed E-state index contributed by atoms with van der Waals surface area (Å²) in [5.74, 6) is 0. The Balaban J connectivity index is 2.12. The first-order valence-electron chi connectivity index (χ1n) is 7.09. The number of rotatable bonds is 3. The van der Waals surface area contributed by atoms with Crippen LogP contribution in [0.3, 0.4) is 0 Å². The Bertz CT molecular complexity index is 623. The van der Waals surface area contributed by atoms with Crippen molar-refractivity contribution in [1.82, 2.24) is 4.98 Å². The molecule has 106 valence electrons. The number of fused-ring (bicyclic) bond motifs is 1. The normalized spacial score (nSPS) is 19.4. The minimum Gasteiger partial charge on any atom is -0.388 e. The van der Waals surface area contributed by atoms with Gasteiger partial charge in [0.25, 0.3) is 0 Å². The Morgan fingerprint density at radius 1 is 1.30 bits per heavy atom. The first kappa shape index (κ1) is 13.8. The molecule has 1 aliphatic rings. The van der Waals surface area contributed by atoms with Crippen molar-refractivity contribution in [3.63, 3.8) is 0 Å². The van der Waals surface area contributed by atoms with E-state index < -0.39 is 6.10 Å². The van der Waals surface area contributed by atoms with Gasteiger partial charge in [-0.2, -0.15) is 0 Å². The van der Waals surface area contributed by atoms with E-state index in [2.05, 4.69) is 4.98 Å². The summed E-state index contributed by atoms with van der Waals surface area (Å²) in [5, 5.41) is 12.4. The van der Waals surface area contributed by atoms with E-state index in [1.54, 1.807) is 6.20 Å². The van der Waals surface area contributed by atoms with Crippen molar-refractivity contribution in [3.05, 3.63) is 41.0 Å². The molecule has 3 N–H and O–H groups in total. The van der Waals surface area contributed by atoms with Crippen LogP contribution in [0.5, 0.6) is 0 Å². The van der Waals surface area contributed by atoms with Gasteiger partial charge in [-0.15, -0.1) is 0 Å². The number of benzene rings is 1. The highest BCUT2D eigenvalue weighted by atomic mass is 35.5. The van der Waals surface area contributed by atoms with E-state index >= 15 is 0 Å². The highest BCUT2D eigenvalue weighted by Gasteiger charge is 2.40. The fourth-order valence-corrected chi connectivity index (χ4v) is 3.59. The Hall–Kier alpha value is -1.16. The first-order chi connectivity index (χ1) is 9.68. The van der Waals surface area contributed by atoms with Crippen LogP contribution in [-0.2, 0) is 0 Å². The average molecular weight is 291 g/mol. The summed E-state index contributed by atoms with van der Waals surface area (Å²) in [6.45, 7) is 0.505. The number of aliphatic hydroxyl groups excluding tert-OH is 1. The second-order valence-electron chi connectivity index (χ2n) is 5.71. The number of halogens is 1. The predicted octanol–water partition coefficient (Wildman–Crippen LogP) is 3.44. The van der Waals surface area contributed by atoms with Gasteiger partial charge in [-0.25, -0.2) is 0 Å². The lowest BCUT2D eigenvalue weighted by Gasteiger charge is -2.33. The monoisotopic (exact) mass is 290 g/mol. The molecule has 4 heteroatoms. The van der Waals surface area contributed by atoms with Crippen LogP contribution in [0.2, 0.25) is 5.02 Å². The lowest BCUT2D eigenvalue weighted by Crippen LogP contribution is -2.34. The fourth-order valence-electron chi connectivity index (χ4n) is 3.38. The summed E-state index contributed by atoms with van der Waals surface area (Å²) < 4.78 is 0. The number of aliphatic hydroxyl groups is 1. The zero-order valence-corrected chi connectivity index (χ0v) is 12.1. The topological polar surface area (TPSA) is 59.1 Å². The third-order valence-electron chi connectivity index (χ3n) is 4.63. The van der Waals surface area contributed by atoms with E-state index in [0.29, 0.717) is 11.6 Å². The SMILES string of the molecule is NCC1(C(O)c2ccc(Cl)c3cccnc23)CCCC1. The molecular formula is C16H19ClN2O. The fraction of sp³-hybridized carbons (Fsp3) is 0.438. The van der Waals surface area contributed by atoms with Crippen LogP contribution in [0.15, 0.2) is 30.5 Å². The number of nitrogens with zero attached hydrogens (tertiary/aromatic N) is 1. The number of pyridine rings is 1. The highest BCUT2D eigenvalue weighted by molar-refractivity contribution is 6.35. The van der Waals surface area contributed by atoms with Crippen molar-refractivity contribution >= 4 is 22.5 Å². The molecule has 0 radical (unpaired) electrons. The van der Waals surface area contributed by atoms with Gasteiger partial charge in [-0.05, 0) is 31.0 Å². The van der Waals surface area contributed by atoms with Crippen LogP contribution in [0, 0.1) is 5.41 Å². The molecule has 3 nitrogen and oxygen atoms in total. The molecule has 0 amide bonds. The second-order valence-corrected chi connectivity index (χ2v) is 6.12. The van der Waals surface area contributed by atoms with E-state index in [-0.39, 0.29) is 5.41 Å². The van der Waals surface area contributed by atoms with Gasteiger partial charge in [-0.1, -0.05) is 30.5 Å². The predicted molar refractivity (Wildman–Crippen MR) is 81.7 cm³/mol. The lowest BCUT2D eigenvalue weighted by molar-refractivity contribution is 0.0343. The van der Waals surface area contributed by atoms with Gasteiger partial charge in [0.15, 0.2) is 0 Å². The molecule has 1 unspecified atom stereocenters.